The molecule has 1 saturated carbocycles. The summed E-state index contributed by atoms with van der Waals surface area (Å²) in [4.78, 5) is 16.5. The van der Waals surface area contributed by atoms with Gasteiger partial charge in [-0.2, -0.15) is 4.98 Å². The number of urea groups is 1. The zero-order chi connectivity index (χ0) is 19.6. The predicted octanol–water partition coefficient (Wildman–Crippen LogP) is 4.91. The molecule has 2 amide bonds. The first kappa shape index (κ1) is 17.2. The summed E-state index contributed by atoms with van der Waals surface area (Å²) in [6.45, 7) is 0. The second-order valence-corrected chi connectivity index (χ2v) is 6.83. The molecule has 1 aliphatic rings. The average molecular weight is 387 g/mol. The Morgan fingerprint density at radius 3 is 2.38 bits per heavy atom. The molecule has 0 saturated heterocycles. The lowest BCUT2D eigenvalue weighted by Gasteiger charge is -2.07. The van der Waals surface area contributed by atoms with Gasteiger partial charge in [0.25, 0.3) is 5.89 Å². The van der Waals surface area contributed by atoms with Crippen LogP contribution >= 0.6 is 0 Å². The Labute approximate surface area is 165 Å². The lowest BCUT2D eigenvalue weighted by Crippen LogP contribution is -2.19. The van der Waals surface area contributed by atoms with Gasteiger partial charge in [0.05, 0.1) is 5.69 Å². The standard InChI is InChI=1S/C21H17N5O3/c27-21(22-15-4-2-1-3-5-15)23-16-10-8-14(9-11-16)19-24-20(29-26-19)17-12-28-25-18(17)13-6-7-13/h1-5,8-13H,6-7H2,(H2,22,23,27). The molecule has 8 heteroatoms. The number of benzene rings is 2. The number of anilines is 2. The van der Waals surface area contributed by atoms with Gasteiger partial charge >= 0.3 is 6.03 Å². The summed E-state index contributed by atoms with van der Waals surface area (Å²) in [5.41, 5.74) is 3.78. The Morgan fingerprint density at radius 2 is 1.66 bits per heavy atom. The van der Waals surface area contributed by atoms with Crippen molar-refractivity contribution >= 4 is 17.4 Å². The molecular formula is C21H17N5O3. The van der Waals surface area contributed by atoms with Crippen molar-refractivity contribution in [3.8, 4) is 22.8 Å². The third-order valence-corrected chi connectivity index (χ3v) is 4.65. The molecule has 4 aromatic rings. The van der Waals surface area contributed by atoms with E-state index in [4.69, 9.17) is 9.05 Å². The van der Waals surface area contributed by atoms with E-state index in [0.29, 0.717) is 23.3 Å². The molecule has 0 unspecified atom stereocenters. The number of aromatic nitrogens is 3. The molecule has 1 fully saturated rings. The van der Waals surface area contributed by atoms with Crippen molar-refractivity contribution in [2.75, 3.05) is 10.6 Å². The molecule has 0 bridgehead atoms. The number of para-hydroxylation sites is 1. The van der Waals surface area contributed by atoms with E-state index in [1.54, 1.807) is 18.4 Å². The molecule has 1 aliphatic carbocycles. The molecule has 29 heavy (non-hydrogen) atoms. The maximum Gasteiger partial charge on any atom is 0.323 e. The van der Waals surface area contributed by atoms with E-state index >= 15 is 0 Å². The molecule has 0 radical (unpaired) electrons. The van der Waals surface area contributed by atoms with E-state index in [9.17, 15) is 4.79 Å². The summed E-state index contributed by atoms with van der Waals surface area (Å²) < 4.78 is 10.5. The maximum absolute atomic E-state index is 12.1. The van der Waals surface area contributed by atoms with Crippen LogP contribution < -0.4 is 10.6 Å². The zero-order valence-electron chi connectivity index (χ0n) is 15.3. The molecule has 2 aromatic heterocycles. The van der Waals surface area contributed by atoms with Crippen molar-refractivity contribution in [3.05, 3.63) is 66.6 Å². The summed E-state index contributed by atoms with van der Waals surface area (Å²) in [6, 6.07) is 16.1. The SMILES string of the molecule is O=C(Nc1ccccc1)Nc1ccc(-c2noc(-c3conc3C3CC3)n2)cc1. The van der Waals surface area contributed by atoms with Crippen LogP contribution in [0.15, 0.2) is 69.9 Å². The minimum Gasteiger partial charge on any atom is -0.364 e. The molecule has 0 spiro atoms. The highest BCUT2D eigenvalue weighted by Gasteiger charge is 2.31. The minimum absolute atomic E-state index is 0.314. The highest BCUT2D eigenvalue weighted by molar-refractivity contribution is 5.99. The van der Waals surface area contributed by atoms with Crippen LogP contribution in [-0.4, -0.2) is 21.3 Å². The van der Waals surface area contributed by atoms with Crippen molar-refractivity contribution in [1.82, 2.24) is 15.3 Å². The fourth-order valence-corrected chi connectivity index (χ4v) is 3.02. The van der Waals surface area contributed by atoms with E-state index in [-0.39, 0.29) is 6.03 Å². The fourth-order valence-electron chi connectivity index (χ4n) is 3.02. The van der Waals surface area contributed by atoms with Gasteiger partial charge in [-0.1, -0.05) is 28.5 Å². The van der Waals surface area contributed by atoms with Gasteiger partial charge in [0.2, 0.25) is 5.82 Å². The van der Waals surface area contributed by atoms with Crippen LogP contribution in [0, 0.1) is 0 Å². The number of hydrogen-bond acceptors (Lipinski definition) is 6. The quantitative estimate of drug-likeness (QED) is 0.504. The predicted molar refractivity (Wildman–Crippen MR) is 106 cm³/mol. The number of carbonyl (C=O) groups excluding carboxylic acids is 1. The molecule has 2 heterocycles. The van der Waals surface area contributed by atoms with E-state index < -0.39 is 0 Å². The highest BCUT2D eigenvalue weighted by Crippen LogP contribution is 2.43. The Kier molecular flexibility index (Phi) is 4.28. The van der Waals surface area contributed by atoms with Gasteiger partial charge in [0.1, 0.15) is 11.8 Å². The largest absolute Gasteiger partial charge is 0.364 e. The molecule has 8 nitrogen and oxygen atoms in total. The van der Waals surface area contributed by atoms with E-state index in [0.717, 1.165) is 35.3 Å². The molecule has 2 N–H and O–H groups in total. The van der Waals surface area contributed by atoms with E-state index in [2.05, 4.69) is 25.9 Å². The van der Waals surface area contributed by atoms with Crippen molar-refractivity contribution < 1.29 is 13.8 Å². The summed E-state index contributed by atoms with van der Waals surface area (Å²) in [5, 5.41) is 13.7. The number of carbonyl (C=O) groups is 1. The molecule has 0 atom stereocenters. The van der Waals surface area contributed by atoms with Crippen molar-refractivity contribution in [1.29, 1.82) is 0 Å². The third kappa shape index (κ3) is 3.73. The summed E-state index contributed by atoms with van der Waals surface area (Å²) >= 11 is 0. The molecule has 5 rings (SSSR count). The lowest BCUT2D eigenvalue weighted by atomic mass is 10.2. The smallest absolute Gasteiger partial charge is 0.323 e. The maximum atomic E-state index is 12.1. The van der Waals surface area contributed by atoms with Gasteiger partial charge in [-0.25, -0.2) is 4.79 Å². The summed E-state index contributed by atoms with van der Waals surface area (Å²) in [7, 11) is 0. The third-order valence-electron chi connectivity index (χ3n) is 4.65. The van der Waals surface area contributed by atoms with Crippen LogP contribution in [0.25, 0.3) is 22.8 Å². The highest BCUT2D eigenvalue weighted by atomic mass is 16.5. The van der Waals surface area contributed by atoms with Crippen molar-refractivity contribution in [2.45, 2.75) is 18.8 Å². The van der Waals surface area contributed by atoms with Gasteiger partial charge in [-0.05, 0) is 49.2 Å². The molecular weight excluding hydrogens is 370 g/mol. The number of hydrogen-bond donors (Lipinski definition) is 2. The Balaban J connectivity index is 1.27. The Hall–Kier alpha value is -3.94. The van der Waals surface area contributed by atoms with Crippen LogP contribution in [-0.2, 0) is 0 Å². The van der Waals surface area contributed by atoms with Crippen LogP contribution in [0.4, 0.5) is 16.2 Å². The van der Waals surface area contributed by atoms with Gasteiger partial charge in [-0.3, -0.25) is 0 Å². The van der Waals surface area contributed by atoms with Crippen LogP contribution in [0.5, 0.6) is 0 Å². The number of nitrogens with zero attached hydrogens (tertiary/aromatic N) is 3. The minimum atomic E-state index is -0.314. The monoisotopic (exact) mass is 387 g/mol. The topological polar surface area (TPSA) is 106 Å². The molecule has 144 valence electrons. The van der Waals surface area contributed by atoms with E-state index in [1.165, 1.54) is 0 Å². The van der Waals surface area contributed by atoms with Gasteiger partial charge in [0.15, 0.2) is 0 Å². The lowest BCUT2D eigenvalue weighted by molar-refractivity contribution is 0.262. The number of nitrogens with one attached hydrogen (secondary N) is 2. The average Bonchev–Trinajstić information content (AvgIpc) is 3.26. The zero-order valence-corrected chi connectivity index (χ0v) is 15.3. The summed E-state index contributed by atoms with van der Waals surface area (Å²) in [6.07, 6.45) is 3.75. The Bertz CT molecular complexity index is 1130. The van der Waals surface area contributed by atoms with E-state index in [1.807, 2.05) is 42.5 Å². The number of rotatable bonds is 5. The molecule has 0 aliphatic heterocycles. The Morgan fingerprint density at radius 1 is 0.931 bits per heavy atom. The first-order valence-corrected chi connectivity index (χ1v) is 9.28. The fraction of sp³-hybridized carbons (Fsp3) is 0.143. The van der Waals surface area contributed by atoms with Gasteiger partial charge in [-0.15, -0.1) is 0 Å². The first-order valence-electron chi connectivity index (χ1n) is 9.28. The second kappa shape index (κ2) is 7.23. The van der Waals surface area contributed by atoms with Gasteiger partial charge in [0, 0.05) is 22.9 Å². The van der Waals surface area contributed by atoms with Crippen molar-refractivity contribution in [3.63, 3.8) is 0 Å². The van der Waals surface area contributed by atoms with Crippen molar-refractivity contribution in [2.24, 2.45) is 0 Å². The second-order valence-electron chi connectivity index (χ2n) is 6.83. The number of amides is 2. The van der Waals surface area contributed by atoms with Crippen LogP contribution in [0.2, 0.25) is 0 Å². The van der Waals surface area contributed by atoms with Crippen LogP contribution in [0.1, 0.15) is 24.5 Å². The summed E-state index contributed by atoms with van der Waals surface area (Å²) in [5.74, 6) is 1.28. The first-order chi connectivity index (χ1) is 14.3. The van der Waals surface area contributed by atoms with Crippen LogP contribution in [0.3, 0.4) is 0 Å². The normalized spacial score (nSPS) is 13.2. The molecule has 2 aromatic carbocycles. The van der Waals surface area contributed by atoms with Gasteiger partial charge < -0.3 is 19.7 Å².